The van der Waals surface area contributed by atoms with Crippen LogP contribution in [0.25, 0.3) is 0 Å². The second-order valence-corrected chi connectivity index (χ2v) is 12.8. The van der Waals surface area contributed by atoms with Gasteiger partial charge in [0, 0.05) is 20.3 Å². The summed E-state index contributed by atoms with van der Waals surface area (Å²) in [6.07, 6.45) is -4.31. The van der Waals surface area contributed by atoms with Gasteiger partial charge in [0.05, 0.1) is 22.8 Å². The fourth-order valence-electron chi connectivity index (χ4n) is 7.24. The molecule has 0 amide bonds. The molecule has 0 unspecified atom stereocenters. The lowest BCUT2D eigenvalue weighted by Crippen LogP contribution is -2.50. The smallest absolute Gasteiger partial charge is 0.338 e. The molecule has 4 fully saturated rings. The van der Waals surface area contributed by atoms with Crippen molar-refractivity contribution in [1.82, 2.24) is 0 Å². The van der Waals surface area contributed by atoms with Gasteiger partial charge in [-0.15, -0.1) is 0 Å². The number of epoxide rings is 1. The Morgan fingerprint density at radius 2 is 1.46 bits per heavy atom. The van der Waals surface area contributed by atoms with Crippen LogP contribution in [0.15, 0.2) is 30.3 Å². The van der Waals surface area contributed by atoms with Crippen LogP contribution in [0.3, 0.4) is 0 Å². The third-order valence-corrected chi connectivity index (χ3v) is 9.55. The minimum absolute atomic E-state index is 0.0102. The number of esters is 3. The largest absolute Gasteiger partial charge is 0.461 e. The molecule has 1 aromatic rings. The van der Waals surface area contributed by atoms with Crippen molar-refractivity contribution < 1.29 is 47.7 Å². The van der Waals surface area contributed by atoms with E-state index in [2.05, 4.69) is 0 Å². The first-order chi connectivity index (χ1) is 19.1. The topological polar surface area (TPSA) is 135 Å². The Hall–Kier alpha value is -3.11. The number of fused-ring (bicyclic) bond motifs is 3. The lowest BCUT2D eigenvalue weighted by Gasteiger charge is -2.36. The van der Waals surface area contributed by atoms with Crippen LogP contribution < -0.4 is 0 Å². The van der Waals surface area contributed by atoms with Crippen LogP contribution in [0.2, 0.25) is 0 Å². The van der Waals surface area contributed by atoms with Crippen molar-refractivity contribution in [2.75, 3.05) is 0 Å². The molecule has 0 aromatic heterocycles. The molecule has 2 bridgehead atoms. The first-order valence-electron chi connectivity index (χ1n) is 14.2. The fourth-order valence-corrected chi connectivity index (χ4v) is 7.24. The van der Waals surface area contributed by atoms with E-state index >= 15 is 0 Å². The maximum Gasteiger partial charge on any atom is 0.338 e. The van der Waals surface area contributed by atoms with Crippen LogP contribution in [0.5, 0.6) is 0 Å². The fraction of sp³-hybridized carbons (Fsp3) is 0.645. The minimum Gasteiger partial charge on any atom is -0.461 e. The van der Waals surface area contributed by atoms with E-state index < -0.39 is 76.9 Å². The second kappa shape index (κ2) is 10.0. The van der Waals surface area contributed by atoms with Crippen molar-refractivity contribution in [2.24, 2.45) is 23.2 Å². The number of hydrogen-bond acceptors (Lipinski definition) is 10. The van der Waals surface area contributed by atoms with E-state index in [0.29, 0.717) is 5.56 Å². The third kappa shape index (κ3) is 4.69. The van der Waals surface area contributed by atoms with Crippen molar-refractivity contribution in [1.29, 1.82) is 0 Å². The third-order valence-electron chi connectivity index (χ3n) is 9.55. The Labute approximate surface area is 239 Å². The first-order valence-corrected chi connectivity index (χ1v) is 14.2. The summed E-state index contributed by atoms with van der Waals surface area (Å²) >= 11 is 0. The summed E-state index contributed by atoms with van der Waals surface area (Å²) in [6.45, 7) is 11.1. The van der Waals surface area contributed by atoms with E-state index in [4.69, 9.17) is 23.7 Å². The van der Waals surface area contributed by atoms with E-state index in [0.717, 1.165) is 0 Å². The molecule has 10 nitrogen and oxygen atoms in total. The number of rotatable bonds is 4. The Morgan fingerprint density at radius 3 is 2.07 bits per heavy atom. The standard InChI is InChI=1S/C31H38O10/c1-15-14-31-22(23(15)39-28(36)19-11-9-8-10-12-19)27-30(7,41-27)21(38-18(4)33)13-20(37-17(3)32)29(5,6)26(35)24(40-31)16(2)25(31)34/h8-12,15-16,20-24,27H,13-14H2,1-7H3/t15-,16-,20+,21+,22+,23-,24-,27+,30+,31+/m0/s1. The van der Waals surface area contributed by atoms with Gasteiger partial charge in [-0.25, -0.2) is 4.79 Å². The quantitative estimate of drug-likeness (QED) is 0.302. The zero-order valence-corrected chi connectivity index (χ0v) is 24.5. The highest BCUT2D eigenvalue weighted by molar-refractivity contribution is 6.01. The SMILES string of the molecule is CC(=O)O[C@@H]1C[C@@H](OC(C)=O)[C@@]2(C)O[C@@H]2[C@H]2[C@@H](OC(=O)c3ccccc3)[C@@H](C)C[C@@]23O[C@H](C(=O)C1(C)C)[C@H](C)C3=O. The number of ether oxygens (including phenoxy) is 5. The number of carbonyl (C=O) groups excluding carboxylic acids is 5. The number of benzene rings is 1. The van der Waals surface area contributed by atoms with Gasteiger partial charge in [0.1, 0.15) is 41.7 Å². The molecule has 4 aliphatic rings. The average molecular weight is 571 g/mol. The van der Waals surface area contributed by atoms with Crippen LogP contribution in [0.1, 0.15) is 71.7 Å². The van der Waals surface area contributed by atoms with E-state index in [9.17, 15) is 24.0 Å². The summed E-state index contributed by atoms with van der Waals surface area (Å²) < 4.78 is 30.4. The molecule has 1 aliphatic carbocycles. The molecule has 3 heterocycles. The summed E-state index contributed by atoms with van der Waals surface area (Å²) in [5.41, 5.74) is -3.52. The van der Waals surface area contributed by atoms with Gasteiger partial charge in [0.15, 0.2) is 11.6 Å². The van der Waals surface area contributed by atoms with E-state index in [-0.39, 0.29) is 30.3 Å². The van der Waals surface area contributed by atoms with Gasteiger partial charge in [-0.05, 0) is 45.2 Å². The van der Waals surface area contributed by atoms with Gasteiger partial charge in [-0.2, -0.15) is 0 Å². The lowest BCUT2D eigenvalue weighted by atomic mass is 9.71. The molecule has 0 N–H and O–H groups in total. The predicted octanol–water partition coefficient (Wildman–Crippen LogP) is 3.23. The van der Waals surface area contributed by atoms with E-state index in [1.54, 1.807) is 58.0 Å². The van der Waals surface area contributed by atoms with Gasteiger partial charge in [0.25, 0.3) is 0 Å². The average Bonchev–Trinajstić information content (AvgIpc) is 3.42. The molecular weight excluding hydrogens is 532 g/mol. The summed E-state index contributed by atoms with van der Waals surface area (Å²) in [5.74, 6) is -4.22. The molecule has 1 aromatic carbocycles. The van der Waals surface area contributed by atoms with E-state index in [1.807, 2.05) is 6.92 Å². The summed E-state index contributed by atoms with van der Waals surface area (Å²) in [5, 5.41) is 0. The molecule has 0 radical (unpaired) electrons. The Bertz CT molecular complexity index is 1270. The van der Waals surface area contributed by atoms with Crippen LogP contribution in [0, 0.1) is 23.2 Å². The molecule has 1 spiro atoms. The van der Waals surface area contributed by atoms with Crippen LogP contribution in [0.4, 0.5) is 0 Å². The molecule has 3 aliphatic heterocycles. The molecule has 10 heteroatoms. The van der Waals surface area contributed by atoms with Crippen LogP contribution in [-0.2, 0) is 42.9 Å². The Balaban J connectivity index is 1.62. The molecule has 1 saturated carbocycles. The summed E-state index contributed by atoms with van der Waals surface area (Å²) in [6, 6.07) is 8.55. The monoisotopic (exact) mass is 570 g/mol. The molecule has 5 rings (SSSR count). The van der Waals surface area contributed by atoms with Gasteiger partial charge >= 0.3 is 17.9 Å². The van der Waals surface area contributed by atoms with Gasteiger partial charge in [-0.3, -0.25) is 19.2 Å². The Kier molecular flexibility index (Phi) is 7.18. The molecule has 222 valence electrons. The van der Waals surface area contributed by atoms with Crippen molar-refractivity contribution in [3.05, 3.63) is 35.9 Å². The molecule has 10 atom stereocenters. The van der Waals surface area contributed by atoms with Crippen molar-refractivity contribution in [3.8, 4) is 0 Å². The molecular formula is C31H38O10. The minimum atomic E-state index is -1.46. The number of ketones is 2. The number of Topliss-reactive ketones (excluding diaryl/α,β-unsaturated/α-hetero) is 2. The van der Waals surface area contributed by atoms with Gasteiger partial charge < -0.3 is 23.7 Å². The normalized spacial score (nSPS) is 41.0. The summed E-state index contributed by atoms with van der Waals surface area (Å²) in [7, 11) is 0. The number of hydrogen-bond donors (Lipinski definition) is 0. The summed E-state index contributed by atoms with van der Waals surface area (Å²) in [4.78, 5) is 65.9. The van der Waals surface area contributed by atoms with Crippen molar-refractivity contribution in [3.63, 3.8) is 0 Å². The van der Waals surface area contributed by atoms with E-state index in [1.165, 1.54) is 13.8 Å². The lowest BCUT2D eigenvalue weighted by molar-refractivity contribution is -0.170. The zero-order valence-electron chi connectivity index (χ0n) is 24.5. The maximum atomic E-state index is 14.2. The maximum absolute atomic E-state index is 14.2. The second-order valence-electron chi connectivity index (χ2n) is 12.8. The zero-order chi connectivity index (χ0) is 30.1. The van der Waals surface area contributed by atoms with Crippen LogP contribution >= 0.6 is 0 Å². The highest BCUT2D eigenvalue weighted by Gasteiger charge is 2.76. The van der Waals surface area contributed by atoms with Gasteiger partial charge in [-0.1, -0.05) is 32.0 Å². The Morgan fingerprint density at radius 1 is 0.854 bits per heavy atom. The first kappa shape index (κ1) is 29.4. The highest BCUT2D eigenvalue weighted by atomic mass is 16.7. The van der Waals surface area contributed by atoms with Crippen molar-refractivity contribution >= 4 is 29.5 Å². The predicted molar refractivity (Wildman–Crippen MR) is 142 cm³/mol. The molecule has 3 saturated heterocycles. The van der Waals surface area contributed by atoms with Crippen LogP contribution in [-0.4, -0.2) is 71.2 Å². The number of carbonyl (C=O) groups is 5. The molecule has 41 heavy (non-hydrogen) atoms. The van der Waals surface area contributed by atoms with Gasteiger partial charge in [0.2, 0.25) is 0 Å². The highest BCUT2D eigenvalue weighted by Crippen LogP contribution is 2.61. The van der Waals surface area contributed by atoms with Crippen molar-refractivity contribution in [2.45, 2.75) is 103 Å².